The van der Waals surface area contributed by atoms with Gasteiger partial charge < -0.3 is 13.8 Å². The molecule has 0 unspecified atom stereocenters. The van der Waals surface area contributed by atoms with Gasteiger partial charge in [-0.15, -0.1) is 0 Å². The standard InChI is InChI=1S/C27H26BF5N2O2/c1-16-10-12-20(13-11-16)24-22-9-7-6-8-21(22)23(34-24)19(4)25-17(2)14-18(3)35(25)28(36-5)37-15-26(29,30)27(31,32)33/h6-14H,15H2,1-5H3/b23-19-. The van der Waals surface area contributed by atoms with E-state index in [2.05, 4.69) is 0 Å². The van der Waals surface area contributed by atoms with Crippen molar-refractivity contribution in [2.24, 2.45) is 4.99 Å². The Hall–Kier alpha value is -3.24. The van der Waals surface area contributed by atoms with Crippen molar-refractivity contribution in [3.05, 3.63) is 93.8 Å². The molecule has 0 bridgehead atoms. The van der Waals surface area contributed by atoms with Gasteiger partial charge in [-0.2, -0.15) is 22.0 Å². The number of aliphatic imine (C=N–C) groups is 1. The van der Waals surface area contributed by atoms with Crippen molar-refractivity contribution in [1.82, 2.24) is 4.48 Å². The fourth-order valence-corrected chi connectivity index (χ4v) is 4.53. The van der Waals surface area contributed by atoms with Crippen LogP contribution in [0.4, 0.5) is 22.0 Å². The van der Waals surface area contributed by atoms with Gasteiger partial charge in [0.05, 0.1) is 11.4 Å². The van der Waals surface area contributed by atoms with E-state index in [0.717, 1.165) is 33.5 Å². The minimum Gasteiger partial charge on any atom is -0.394 e. The molecular formula is C27H26BF5N2O2. The first kappa shape index (κ1) is 26.8. The molecule has 0 atom stereocenters. The van der Waals surface area contributed by atoms with E-state index < -0.39 is 26.0 Å². The number of nitrogens with zero attached hydrogens (tertiary/aromatic N) is 2. The molecule has 0 saturated carbocycles. The molecule has 37 heavy (non-hydrogen) atoms. The number of halogens is 5. The maximum absolute atomic E-state index is 13.6. The summed E-state index contributed by atoms with van der Waals surface area (Å²) in [5, 5.41) is 0. The number of hydrogen-bond donors (Lipinski definition) is 0. The summed E-state index contributed by atoms with van der Waals surface area (Å²) in [6, 6.07) is 17.5. The second-order valence-electron chi connectivity index (χ2n) is 9.09. The fourth-order valence-electron chi connectivity index (χ4n) is 4.53. The molecule has 1 aliphatic heterocycles. The largest absolute Gasteiger partial charge is 0.597 e. The highest BCUT2D eigenvalue weighted by atomic mass is 19.4. The van der Waals surface area contributed by atoms with Gasteiger partial charge in [-0.25, -0.2) is 4.99 Å². The third-order valence-corrected chi connectivity index (χ3v) is 6.35. The Balaban J connectivity index is 1.81. The summed E-state index contributed by atoms with van der Waals surface area (Å²) in [7, 11) is -0.319. The number of hydrogen-bond acceptors (Lipinski definition) is 3. The molecule has 10 heteroatoms. The van der Waals surface area contributed by atoms with Crippen LogP contribution in [0.5, 0.6) is 0 Å². The Labute approximate surface area is 212 Å². The van der Waals surface area contributed by atoms with E-state index in [1.165, 1.54) is 11.6 Å². The molecule has 1 aromatic heterocycles. The number of aromatic nitrogens is 1. The van der Waals surface area contributed by atoms with E-state index in [1.807, 2.05) is 69.3 Å². The van der Waals surface area contributed by atoms with Gasteiger partial charge >= 0.3 is 19.4 Å². The fraction of sp³-hybridized carbons (Fsp3) is 0.296. The van der Waals surface area contributed by atoms with E-state index >= 15 is 0 Å². The highest BCUT2D eigenvalue weighted by Gasteiger charge is 2.58. The lowest BCUT2D eigenvalue weighted by Crippen LogP contribution is -2.45. The lowest BCUT2D eigenvalue weighted by Gasteiger charge is -2.23. The molecule has 3 aromatic rings. The van der Waals surface area contributed by atoms with Crippen LogP contribution in [-0.2, 0) is 9.31 Å². The Bertz CT molecular complexity index is 1370. The summed E-state index contributed by atoms with van der Waals surface area (Å²) in [5.41, 5.74) is 7.97. The smallest absolute Gasteiger partial charge is 0.394 e. The lowest BCUT2D eigenvalue weighted by atomic mass is 9.96. The van der Waals surface area contributed by atoms with E-state index in [9.17, 15) is 22.0 Å². The van der Waals surface area contributed by atoms with Crippen LogP contribution in [0.3, 0.4) is 0 Å². The van der Waals surface area contributed by atoms with Crippen molar-refractivity contribution in [1.29, 1.82) is 0 Å². The van der Waals surface area contributed by atoms with Crippen molar-refractivity contribution >= 4 is 24.2 Å². The van der Waals surface area contributed by atoms with Gasteiger partial charge in [0.2, 0.25) is 0 Å². The zero-order valence-corrected chi connectivity index (χ0v) is 21.1. The van der Waals surface area contributed by atoms with Gasteiger partial charge in [0.25, 0.3) is 0 Å². The van der Waals surface area contributed by atoms with Crippen LogP contribution in [0.2, 0.25) is 0 Å². The zero-order valence-electron chi connectivity index (χ0n) is 21.1. The minimum atomic E-state index is -5.73. The molecule has 4 rings (SSSR count). The maximum Gasteiger partial charge on any atom is 0.597 e. The number of benzene rings is 2. The Morgan fingerprint density at radius 1 is 0.946 bits per heavy atom. The van der Waals surface area contributed by atoms with Gasteiger partial charge in [0.1, 0.15) is 6.61 Å². The van der Waals surface area contributed by atoms with Gasteiger partial charge in [-0.3, -0.25) is 0 Å². The molecule has 0 fully saturated rings. The van der Waals surface area contributed by atoms with Crippen LogP contribution in [-0.4, -0.2) is 43.3 Å². The molecule has 2 heterocycles. The van der Waals surface area contributed by atoms with Crippen molar-refractivity contribution in [3.63, 3.8) is 0 Å². The molecule has 194 valence electrons. The van der Waals surface area contributed by atoms with Crippen LogP contribution >= 0.6 is 0 Å². The van der Waals surface area contributed by atoms with E-state index in [0.29, 0.717) is 22.7 Å². The summed E-state index contributed by atoms with van der Waals surface area (Å²) in [4.78, 5) is 4.96. The molecule has 0 aliphatic carbocycles. The van der Waals surface area contributed by atoms with Gasteiger partial charge in [0.15, 0.2) is 0 Å². The van der Waals surface area contributed by atoms with Crippen molar-refractivity contribution in [2.45, 2.75) is 39.8 Å². The van der Waals surface area contributed by atoms with Crippen LogP contribution < -0.4 is 0 Å². The van der Waals surface area contributed by atoms with Gasteiger partial charge in [0, 0.05) is 35.2 Å². The van der Waals surface area contributed by atoms with Crippen LogP contribution in [0.15, 0.2) is 59.6 Å². The lowest BCUT2D eigenvalue weighted by molar-refractivity contribution is -0.291. The van der Waals surface area contributed by atoms with Gasteiger partial charge in [-0.05, 0) is 44.9 Å². The molecule has 1 aliphatic rings. The van der Waals surface area contributed by atoms with Crippen molar-refractivity contribution < 1.29 is 31.3 Å². The molecule has 0 spiro atoms. The minimum absolute atomic E-state index is 0.568. The van der Waals surface area contributed by atoms with E-state index in [1.54, 1.807) is 13.0 Å². The molecule has 0 amide bonds. The predicted molar refractivity (Wildman–Crippen MR) is 135 cm³/mol. The maximum atomic E-state index is 13.6. The first-order valence-electron chi connectivity index (χ1n) is 11.6. The summed E-state index contributed by atoms with van der Waals surface area (Å²) in [5.74, 6) is -5.02. The number of fused-ring (bicyclic) bond motifs is 1. The van der Waals surface area contributed by atoms with Crippen LogP contribution in [0.25, 0.3) is 11.3 Å². The second-order valence-corrected chi connectivity index (χ2v) is 9.09. The molecule has 4 nitrogen and oxygen atoms in total. The number of aryl methyl sites for hydroxylation is 3. The Kier molecular flexibility index (Phi) is 7.18. The number of rotatable bonds is 7. The molecular weight excluding hydrogens is 490 g/mol. The Morgan fingerprint density at radius 3 is 2.16 bits per heavy atom. The zero-order chi connectivity index (χ0) is 27.1. The summed E-state index contributed by atoms with van der Waals surface area (Å²) in [6.45, 7) is 5.49. The Morgan fingerprint density at radius 2 is 1.57 bits per heavy atom. The van der Waals surface area contributed by atoms with Crippen LogP contribution in [0.1, 0.15) is 46.1 Å². The molecule has 0 radical (unpaired) electrons. The summed E-state index contributed by atoms with van der Waals surface area (Å²) >= 11 is 0. The van der Waals surface area contributed by atoms with Gasteiger partial charge in [-0.1, -0.05) is 54.1 Å². The van der Waals surface area contributed by atoms with E-state index in [4.69, 9.17) is 14.3 Å². The number of alkyl halides is 5. The average Bonchev–Trinajstić information content (AvgIpc) is 3.36. The highest BCUT2D eigenvalue weighted by Crippen LogP contribution is 2.39. The topological polar surface area (TPSA) is 35.8 Å². The van der Waals surface area contributed by atoms with Crippen molar-refractivity contribution in [2.75, 3.05) is 13.7 Å². The molecule has 2 aromatic carbocycles. The average molecular weight is 516 g/mol. The summed E-state index contributed by atoms with van der Waals surface area (Å²) < 4.78 is 77.1. The molecule has 0 N–H and O–H groups in total. The monoisotopic (exact) mass is 516 g/mol. The SMILES string of the molecule is COB(OCC(F)(F)C(F)(F)F)n1c(C)cc(C)c1/C(C)=C1\N=C(c2ccc(C)cc2)c2ccccc21. The summed E-state index contributed by atoms with van der Waals surface area (Å²) in [6.07, 6.45) is -5.73. The van der Waals surface area contributed by atoms with E-state index in [-0.39, 0.29) is 0 Å². The first-order valence-corrected chi connectivity index (χ1v) is 11.6. The molecule has 0 saturated heterocycles. The second kappa shape index (κ2) is 9.91. The first-order chi connectivity index (χ1) is 17.4. The third-order valence-electron chi connectivity index (χ3n) is 6.35. The van der Waals surface area contributed by atoms with Crippen LogP contribution in [0, 0.1) is 20.8 Å². The highest BCUT2D eigenvalue weighted by molar-refractivity contribution is 6.43. The third kappa shape index (κ3) is 5.00. The normalized spacial score (nSPS) is 15.0. The number of allylic oxidation sites excluding steroid dienone is 1. The quantitative estimate of drug-likeness (QED) is 0.255. The van der Waals surface area contributed by atoms with Crippen molar-refractivity contribution in [3.8, 4) is 0 Å². The predicted octanol–water partition coefficient (Wildman–Crippen LogP) is 6.85.